The van der Waals surface area contributed by atoms with Crippen molar-refractivity contribution in [1.29, 1.82) is 0 Å². The van der Waals surface area contributed by atoms with Gasteiger partial charge in [0.2, 0.25) is 0 Å². The van der Waals surface area contributed by atoms with Crippen LogP contribution in [0.2, 0.25) is 0 Å². The van der Waals surface area contributed by atoms with Crippen LogP contribution in [0.3, 0.4) is 0 Å². The van der Waals surface area contributed by atoms with E-state index in [9.17, 15) is 18.0 Å². The van der Waals surface area contributed by atoms with Gasteiger partial charge in [-0.25, -0.2) is 0 Å². The minimum absolute atomic E-state index is 0.133. The Morgan fingerprint density at radius 3 is 2.47 bits per heavy atom. The molecule has 1 aromatic rings. The molecule has 0 amide bonds. The van der Waals surface area contributed by atoms with Gasteiger partial charge in [-0.15, -0.1) is 13.2 Å². The van der Waals surface area contributed by atoms with E-state index in [1.807, 2.05) is 0 Å². The number of carbonyl (C=O) groups is 1. The molecule has 1 heterocycles. The second-order valence-corrected chi connectivity index (χ2v) is 4.38. The zero-order valence-corrected chi connectivity index (χ0v) is 12.0. The lowest BCUT2D eigenvalue weighted by Crippen LogP contribution is -2.20. The summed E-state index contributed by atoms with van der Waals surface area (Å²) in [6.45, 7) is 0. The Bertz CT molecular complexity index is 479. The number of halogens is 4. The van der Waals surface area contributed by atoms with Crippen LogP contribution in [-0.4, -0.2) is 31.5 Å². The van der Waals surface area contributed by atoms with Crippen molar-refractivity contribution >= 4 is 28.6 Å². The fourth-order valence-electron chi connectivity index (χ4n) is 1.24. The molecule has 0 saturated heterocycles. The quantitative estimate of drug-likeness (QED) is 0.583. The van der Waals surface area contributed by atoms with Crippen LogP contribution < -0.4 is 9.47 Å². The fraction of sp³-hybridized carbons (Fsp3) is 0.400. The highest BCUT2D eigenvalue weighted by atomic mass is 127. The molecule has 0 fully saturated rings. The molecule has 106 valence electrons. The molecule has 0 radical (unpaired) electrons. The molecule has 0 aliphatic rings. The maximum Gasteiger partial charge on any atom is 0.573 e. The van der Waals surface area contributed by atoms with Crippen LogP contribution in [0.15, 0.2) is 6.20 Å². The second-order valence-electron chi connectivity index (χ2n) is 3.22. The van der Waals surface area contributed by atoms with Crippen LogP contribution in [0.4, 0.5) is 13.2 Å². The number of hydrogen-bond donors (Lipinski definition) is 0. The molecule has 0 atom stereocenters. The summed E-state index contributed by atoms with van der Waals surface area (Å²) in [4.78, 5) is 14.9. The highest BCUT2D eigenvalue weighted by Crippen LogP contribution is 2.38. The summed E-state index contributed by atoms with van der Waals surface area (Å²) in [7, 11) is 2.32. The Hall–Kier alpha value is -1.26. The molecule has 19 heavy (non-hydrogen) atoms. The maximum absolute atomic E-state index is 12.4. The Morgan fingerprint density at radius 1 is 1.37 bits per heavy atom. The summed E-state index contributed by atoms with van der Waals surface area (Å²) in [5.41, 5.74) is -0.207. The molecular weight excluding hydrogens is 382 g/mol. The van der Waals surface area contributed by atoms with E-state index in [4.69, 9.17) is 4.74 Å². The fourth-order valence-corrected chi connectivity index (χ4v) is 1.84. The highest BCUT2D eigenvalue weighted by molar-refractivity contribution is 14.1. The smallest absolute Gasteiger partial charge is 0.492 e. The number of hydrogen-bond acceptors (Lipinski definition) is 5. The zero-order chi connectivity index (χ0) is 14.6. The molecule has 0 aromatic carbocycles. The molecule has 1 rings (SSSR count). The van der Waals surface area contributed by atoms with E-state index in [-0.39, 0.29) is 11.4 Å². The van der Waals surface area contributed by atoms with E-state index >= 15 is 0 Å². The number of alkyl halides is 3. The molecule has 9 heteroatoms. The Balaban J connectivity index is 3.25. The van der Waals surface area contributed by atoms with Gasteiger partial charge in [-0.05, 0) is 22.6 Å². The van der Waals surface area contributed by atoms with Crippen molar-refractivity contribution in [3.8, 4) is 11.5 Å². The lowest BCUT2D eigenvalue weighted by atomic mass is 10.2. The zero-order valence-electron chi connectivity index (χ0n) is 9.88. The standard InChI is InChI=1S/C10H9F3INO4/c1-17-7(16)3-6-9(19-10(11,12)13)8(18-2)5(14)4-15-6/h4H,3H2,1-2H3. The van der Waals surface area contributed by atoms with Gasteiger partial charge in [0.1, 0.15) is 0 Å². The summed E-state index contributed by atoms with van der Waals surface area (Å²) < 4.78 is 50.5. The molecule has 0 saturated carbocycles. The summed E-state index contributed by atoms with van der Waals surface area (Å²) >= 11 is 1.75. The van der Waals surface area contributed by atoms with Crippen molar-refractivity contribution in [1.82, 2.24) is 4.98 Å². The number of ether oxygens (including phenoxy) is 3. The minimum Gasteiger partial charge on any atom is -0.492 e. The summed E-state index contributed by atoms with van der Waals surface area (Å²) in [6, 6.07) is 0. The molecule has 0 N–H and O–H groups in total. The monoisotopic (exact) mass is 391 g/mol. The van der Waals surface area contributed by atoms with E-state index in [1.165, 1.54) is 13.3 Å². The van der Waals surface area contributed by atoms with Gasteiger partial charge in [0, 0.05) is 6.20 Å². The average molecular weight is 391 g/mol. The number of pyridine rings is 1. The maximum atomic E-state index is 12.4. The molecule has 1 aromatic heterocycles. The van der Waals surface area contributed by atoms with Crippen molar-refractivity contribution in [2.75, 3.05) is 14.2 Å². The lowest BCUT2D eigenvalue weighted by molar-refractivity contribution is -0.275. The van der Waals surface area contributed by atoms with Gasteiger partial charge in [-0.2, -0.15) is 0 Å². The third kappa shape index (κ3) is 4.40. The topological polar surface area (TPSA) is 57.7 Å². The lowest BCUT2D eigenvalue weighted by Gasteiger charge is -2.16. The van der Waals surface area contributed by atoms with Gasteiger partial charge in [0.05, 0.1) is 29.9 Å². The summed E-state index contributed by atoms with van der Waals surface area (Å²) in [5, 5.41) is 0. The number of nitrogens with zero attached hydrogens (tertiary/aromatic N) is 1. The van der Waals surface area contributed by atoms with Crippen LogP contribution in [0.25, 0.3) is 0 Å². The molecule has 5 nitrogen and oxygen atoms in total. The second kappa shape index (κ2) is 6.26. The molecule has 0 aliphatic carbocycles. The number of aromatic nitrogens is 1. The Labute approximate surface area is 120 Å². The SMILES string of the molecule is COC(=O)Cc1ncc(I)c(OC)c1OC(F)(F)F. The first-order valence-electron chi connectivity index (χ1n) is 4.82. The predicted molar refractivity (Wildman–Crippen MR) is 65.9 cm³/mol. The number of methoxy groups -OCH3 is 2. The molecule has 0 spiro atoms. The van der Waals surface area contributed by atoms with Crippen molar-refractivity contribution in [3.05, 3.63) is 15.5 Å². The number of carbonyl (C=O) groups excluding carboxylic acids is 1. The Morgan fingerprint density at radius 2 is 2.00 bits per heavy atom. The van der Waals surface area contributed by atoms with Crippen molar-refractivity contribution in [3.63, 3.8) is 0 Å². The Kier molecular flexibility index (Phi) is 5.20. The van der Waals surface area contributed by atoms with Crippen LogP contribution in [0.1, 0.15) is 5.69 Å². The third-order valence-electron chi connectivity index (χ3n) is 1.98. The molecule has 0 bridgehead atoms. The van der Waals surface area contributed by atoms with Gasteiger partial charge in [-0.1, -0.05) is 0 Å². The molecule has 0 aliphatic heterocycles. The van der Waals surface area contributed by atoms with Crippen LogP contribution in [-0.2, 0) is 16.0 Å². The number of rotatable bonds is 4. The van der Waals surface area contributed by atoms with Gasteiger partial charge in [0.25, 0.3) is 0 Å². The average Bonchev–Trinajstić information content (AvgIpc) is 2.31. The largest absolute Gasteiger partial charge is 0.573 e. The normalized spacial score (nSPS) is 11.1. The van der Waals surface area contributed by atoms with Gasteiger partial charge in [0.15, 0.2) is 11.5 Å². The first-order chi connectivity index (χ1) is 8.78. The van der Waals surface area contributed by atoms with E-state index in [1.54, 1.807) is 22.6 Å². The number of esters is 1. The van der Waals surface area contributed by atoms with Crippen LogP contribution >= 0.6 is 22.6 Å². The summed E-state index contributed by atoms with van der Waals surface area (Å²) in [5.74, 6) is -1.50. The van der Waals surface area contributed by atoms with Crippen molar-refractivity contribution in [2.45, 2.75) is 12.8 Å². The van der Waals surface area contributed by atoms with Gasteiger partial charge in [-0.3, -0.25) is 9.78 Å². The van der Waals surface area contributed by atoms with E-state index in [0.29, 0.717) is 3.57 Å². The van der Waals surface area contributed by atoms with Crippen LogP contribution in [0, 0.1) is 3.57 Å². The van der Waals surface area contributed by atoms with E-state index < -0.39 is 24.5 Å². The van der Waals surface area contributed by atoms with Crippen molar-refractivity contribution in [2.24, 2.45) is 0 Å². The van der Waals surface area contributed by atoms with E-state index in [0.717, 1.165) is 7.11 Å². The third-order valence-corrected chi connectivity index (χ3v) is 2.75. The van der Waals surface area contributed by atoms with Gasteiger partial charge >= 0.3 is 12.3 Å². The molecular formula is C10H9F3INO4. The summed E-state index contributed by atoms with van der Waals surface area (Å²) in [6.07, 6.45) is -4.08. The highest BCUT2D eigenvalue weighted by Gasteiger charge is 2.35. The van der Waals surface area contributed by atoms with Crippen LogP contribution in [0.5, 0.6) is 11.5 Å². The van der Waals surface area contributed by atoms with E-state index in [2.05, 4.69) is 14.5 Å². The van der Waals surface area contributed by atoms with Gasteiger partial charge < -0.3 is 14.2 Å². The predicted octanol–water partition coefficient (Wildman–Crippen LogP) is 2.31. The first-order valence-corrected chi connectivity index (χ1v) is 5.90. The molecule has 0 unspecified atom stereocenters. The first kappa shape index (κ1) is 15.8. The minimum atomic E-state index is -4.91. The van der Waals surface area contributed by atoms with Crippen molar-refractivity contribution < 1.29 is 32.2 Å².